The average Bonchev–Trinajstić information content (AvgIpc) is 2.93. The third kappa shape index (κ3) is 4.52. The molecular weight excluding hydrogens is 462 g/mol. The molecule has 2 aromatic rings. The number of Topliss-reactive ketones (excluding diaryl/α,β-unsaturated/α-hetero) is 1. The number of aliphatic hydroxyl groups excluding tert-OH is 1. The van der Waals surface area contributed by atoms with Gasteiger partial charge in [-0.2, -0.15) is 0 Å². The molecule has 0 aliphatic carbocycles. The highest BCUT2D eigenvalue weighted by Gasteiger charge is 2.45. The van der Waals surface area contributed by atoms with Gasteiger partial charge in [0.25, 0.3) is 11.7 Å². The fourth-order valence-corrected chi connectivity index (χ4v) is 3.66. The predicted molar refractivity (Wildman–Crippen MR) is 111 cm³/mol. The first-order valence-corrected chi connectivity index (χ1v) is 9.98. The number of carbonyl (C=O) groups is 3. The summed E-state index contributed by atoms with van der Waals surface area (Å²) in [4.78, 5) is 37.6. The molecule has 0 unspecified atom stereocenters. The van der Waals surface area contributed by atoms with Crippen LogP contribution in [-0.4, -0.2) is 39.3 Å². The Kier molecular flexibility index (Phi) is 6.39. The van der Waals surface area contributed by atoms with Gasteiger partial charge in [-0.05, 0) is 48.4 Å². The minimum Gasteiger partial charge on any atom is -0.507 e. The highest BCUT2D eigenvalue weighted by Crippen LogP contribution is 2.39. The number of carbonyl (C=O) groups excluding carboxylic acids is 2. The van der Waals surface area contributed by atoms with Gasteiger partial charge in [0.1, 0.15) is 5.76 Å². The Labute approximate surface area is 180 Å². The van der Waals surface area contributed by atoms with Crippen LogP contribution < -0.4 is 0 Å². The highest BCUT2D eigenvalue weighted by molar-refractivity contribution is 9.10. The molecule has 2 aromatic carbocycles. The summed E-state index contributed by atoms with van der Waals surface area (Å²) in [6.07, 6.45) is 0.0591. The van der Waals surface area contributed by atoms with Crippen molar-refractivity contribution in [1.29, 1.82) is 0 Å². The molecule has 6 nitrogen and oxygen atoms in total. The number of aliphatic hydroxyl groups is 1. The molecule has 0 spiro atoms. The minimum atomic E-state index is -0.983. The summed E-state index contributed by atoms with van der Waals surface area (Å²) in [5, 5.41) is 20.2. The number of rotatable bonds is 6. The van der Waals surface area contributed by atoms with E-state index < -0.39 is 23.7 Å². The standard InChI is InChI=1S/C21H17BrClNO5/c22-14-7-3-12(4-8-14)18-17(19(27)13-5-9-15(23)10-6-13)20(28)21(29)24(18)11-1-2-16(25)26/h3-10,18,27H,1-2,11H2,(H,25,26)/b19-17+/t18-/m0/s1. The predicted octanol–water partition coefficient (Wildman–Crippen LogP) is 4.39. The summed E-state index contributed by atoms with van der Waals surface area (Å²) in [7, 11) is 0. The van der Waals surface area contributed by atoms with E-state index in [2.05, 4.69) is 15.9 Å². The summed E-state index contributed by atoms with van der Waals surface area (Å²) in [6.45, 7) is 0.0784. The van der Waals surface area contributed by atoms with Crippen molar-refractivity contribution in [2.45, 2.75) is 18.9 Å². The molecule has 1 amide bonds. The van der Waals surface area contributed by atoms with Crippen LogP contribution in [0.25, 0.3) is 5.76 Å². The van der Waals surface area contributed by atoms with Gasteiger partial charge < -0.3 is 15.1 Å². The lowest BCUT2D eigenvalue weighted by Crippen LogP contribution is -2.31. The number of hydrogen-bond donors (Lipinski definition) is 2. The Balaban J connectivity index is 2.08. The van der Waals surface area contributed by atoms with Crippen LogP contribution >= 0.6 is 27.5 Å². The van der Waals surface area contributed by atoms with Crippen molar-refractivity contribution < 1.29 is 24.6 Å². The first kappa shape index (κ1) is 21.1. The monoisotopic (exact) mass is 477 g/mol. The fourth-order valence-electron chi connectivity index (χ4n) is 3.27. The maximum Gasteiger partial charge on any atom is 0.303 e. The topological polar surface area (TPSA) is 94.9 Å². The second kappa shape index (κ2) is 8.80. The van der Waals surface area contributed by atoms with E-state index in [0.29, 0.717) is 16.1 Å². The molecule has 1 aliphatic heterocycles. The van der Waals surface area contributed by atoms with Gasteiger partial charge in [-0.25, -0.2) is 0 Å². The third-order valence-electron chi connectivity index (χ3n) is 4.63. The van der Waals surface area contributed by atoms with Crippen molar-refractivity contribution in [2.24, 2.45) is 0 Å². The molecular formula is C21H17BrClNO5. The number of ketones is 1. The molecule has 1 heterocycles. The van der Waals surface area contributed by atoms with Crippen molar-refractivity contribution in [2.75, 3.05) is 6.54 Å². The zero-order valence-electron chi connectivity index (χ0n) is 15.1. The molecule has 0 bridgehead atoms. The molecule has 2 N–H and O–H groups in total. The first-order chi connectivity index (χ1) is 13.8. The van der Waals surface area contributed by atoms with Crippen molar-refractivity contribution >= 4 is 50.9 Å². The fraction of sp³-hybridized carbons (Fsp3) is 0.190. The summed E-state index contributed by atoms with van der Waals surface area (Å²) in [6, 6.07) is 12.5. The largest absolute Gasteiger partial charge is 0.507 e. The molecule has 1 fully saturated rings. The molecule has 1 saturated heterocycles. The number of aliphatic carboxylic acids is 1. The Morgan fingerprint density at radius 2 is 1.66 bits per heavy atom. The van der Waals surface area contributed by atoms with Crippen LogP contribution in [0.4, 0.5) is 0 Å². The van der Waals surface area contributed by atoms with Crippen LogP contribution in [0.2, 0.25) is 5.02 Å². The van der Waals surface area contributed by atoms with Gasteiger partial charge in [0, 0.05) is 28.0 Å². The van der Waals surface area contributed by atoms with Crippen LogP contribution in [0.15, 0.2) is 58.6 Å². The average molecular weight is 479 g/mol. The molecule has 1 atom stereocenters. The Morgan fingerprint density at radius 3 is 2.24 bits per heavy atom. The van der Waals surface area contributed by atoms with Crippen LogP contribution in [0.3, 0.4) is 0 Å². The zero-order chi connectivity index (χ0) is 21.1. The van der Waals surface area contributed by atoms with Crippen LogP contribution in [-0.2, 0) is 14.4 Å². The first-order valence-electron chi connectivity index (χ1n) is 8.81. The van der Waals surface area contributed by atoms with E-state index in [0.717, 1.165) is 4.47 Å². The number of hydrogen-bond acceptors (Lipinski definition) is 4. The van der Waals surface area contributed by atoms with Crippen LogP contribution in [0.1, 0.15) is 30.0 Å². The van der Waals surface area contributed by atoms with Crippen molar-refractivity contribution in [3.63, 3.8) is 0 Å². The Hall–Kier alpha value is -2.64. The van der Waals surface area contributed by atoms with Crippen molar-refractivity contribution in [1.82, 2.24) is 4.90 Å². The molecule has 0 aromatic heterocycles. The Bertz CT molecular complexity index is 985. The van der Waals surface area contributed by atoms with E-state index in [9.17, 15) is 19.5 Å². The number of amides is 1. The summed E-state index contributed by atoms with van der Waals surface area (Å²) in [5.41, 5.74) is 0.966. The smallest absolute Gasteiger partial charge is 0.303 e. The third-order valence-corrected chi connectivity index (χ3v) is 5.41. The number of carboxylic acids is 1. The molecule has 1 aliphatic rings. The zero-order valence-corrected chi connectivity index (χ0v) is 17.5. The molecule has 150 valence electrons. The normalized spacial score (nSPS) is 18.3. The molecule has 8 heteroatoms. The van der Waals surface area contributed by atoms with Crippen LogP contribution in [0, 0.1) is 0 Å². The summed E-state index contributed by atoms with van der Waals surface area (Å²) < 4.78 is 0.821. The maximum atomic E-state index is 12.8. The van der Waals surface area contributed by atoms with Gasteiger partial charge in [0.2, 0.25) is 0 Å². The lowest BCUT2D eigenvalue weighted by atomic mass is 9.95. The maximum absolute atomic E-state index is 12.8. The summed E-state index contributed by atoms with van der Waals surface area (Å²) >= 11 is 9.25. The van der Waals surface area contributed by atoms with E-state index in [1.807, 2.05) is 0 Å². The van der Waals surface area contributed by atoms with E-state index in [4.69, 9.17) is 16.7 Å². The van der Waals surface area contributed by atoms with Gasteiger partial charge in [0.15, 0.2) is 0 Å². The molecule has 0 radical (unpaired) electrons. The molecule has 3 rings (SSSR count). The van der Waals surface area contributed by atoms with Gasteiger partial charge >= 0.3 is 5.97 Å². The van der Waals surface area contributed by atoms with E-state index in [1.165, 1.54) is 4.90 Å². The molecule has 0 saturated carbocycles. The van der Waals surface area contributed by atoms with E-state index in [-0.39, 0.29) is 30.7 Å². The summed E-state index contributed by atoms with van der Waals surface area (Å²) in [5.74, 6) is -2.85. The van der Waals surface area contributed by atoms with Crippen molar-refractivity contribution in [3.8, 4) is 0 Å². The molecule has 29 heavy (non-hydrogen) atoms. The number of nitrogens with zero attached hydrogens (tertiary/aromatic N) is 1. The second-order valence-corrected chi connectivity index (χ2v) is 7.90. The van der Waals surface area contributed by atoms with Crippen molar-refractivity contribution in [3.05, 3.63) is 74.7 Å². The van der Waals surface area contributed by atoms with Gasteiger partial charge in [-0.15, -0.1) is 0 Å². The van der Waals surface area contributed by atoms with Gasteiger partial charge in [-0.1, -0.05) is 39.7 Å². The lowest BCUT2D eigenvalue weighted by Gasteiger charge is -2.25. The number of halogens is 2. The van der Waals surface area contributed by atoms with Gasteiger partial charge in [0.05, 0.1) is 11.6 Å². The van der Waals surface area contributed by atoms with Gasteiger partial charge in [-0.3, -0.25) is 14.4 Å². The SMILES string of the molecule is O=C(O)CCCN1C(=O)C(=O)/C(=C(/O)c2ccc(Cl)cc2)[C@@H]1c1ccc(Br)cc1. The number of carboxylic acid groups (broad SMARTS) is 1. The minimum absolute atomic E-state index is 0.0324. The van der Waals surface area contributed by atoms with E-state index >= 15 is 0 Å². The Morgan fingerprint density at radius 1 is 1.03 bits per heavy atom. The highest BCUT2D eigenvalue weighted by atomic mass is 79.9. The second-order valence-electron chi connectivity index (χ2n) is 6.55. The quantitative estimate of drug-likeness (QED) is 0.365. The van der Waals surface area contributed by atoms with E-state index in [1.54, 1.807) is 48.5 Å². The lowest BCUT2D eigenvalue weighted by molar-refractivity contribution is -0.140. The number of benzene rings is 2. The number of likely N-dealkylation sites (tertiary alicyclic amines) is 1. The van der Waals surface area contributed by atoms with Crippen LogP contribution in [0.5, 0.6) is 0 Å².